The minimum atomic E-state index is -0.180. The summed E-state index contributed by atoms with van der Waals surface area (Å²) in [4.78, 5) is 23.7. The molecule has 25 heavy (non-hydrogen) atoms. The van der Waals surface area contributed by atoms with Crippen LogP contribution in [0.25, 0.3) is 0 Å². The van der Waals surface area contributed by atoms with Crippen molar-refractivity contribution in [1.29, 1.82) is 0 Å². The van der Waals surface area contributed by atoms with Crippen LogP contribution in [0.1, 0.15) is 41.7 Å². The SMILES string of the molecule is CC(=O)c1cccc(OCC(=O)N[C@H](c2ccc(Cl)cc2)C2CC2)c1. The van der Waals surface area contributed by atoms with Crippen LogP contribution in [0, 0.1) is 5.92 Å². The Hall–Kier alpha value is -2.33. The Morgan fingerprint density at radius 3 is 2.56 bits per heavy atom. The van der Waals surface area contributed by atoms with E-state index in [-0.39, 0.29) is 24.3 Å². The molecule has 0 aliphatic heterocycles. The van der Waals surface area contributed by atoms with Crippen molar-refractivity contribution in [3.63, 3.8) is 0 Å². The average molecular weight is 358 g/mol. The van der Waals surface area contributed by atoms with Crippen LogP contribution in [-0.4, -0.2) is 18.3 Å². The molecule has 0 bridgehead atoms. The van der Waals surface area contributed by atoms with E-state index in [0.717, 1.165) is 18.4 Å². The largest absolute Gasteiger partial charge is 0.484 e. The van der Waals surface area contributed by atoms with Crippen LogP contribution in [0.5, 0.6) is 5.75 Å². The van der Waals surface area contributed by atoms with E-state index in [1.165, 1.54) is 6.92 Å². The lowest BCUT2D eigenvalue weighted by molar-refractivity contribution is -0.124. The van der Waals surface area contributed by atoms with Gasteiger partial charge in [0.2, 0.25) is 0 Å². The first-order valence-electron chi connectivity index (χ1n) is 8.31. The maximum absolute atomic E-state index is 12.3. The molecular weight excluding hydrogens is 338 g/mol. The van der Waals surface area contributed by atoms with Crippen molar-refractivity contribution >= 4 is 23.3 Å². The molecule has 4 nitrogen and oxygen atoms in total. The van der Waals surface area contributed by atoms with Crippen molar-refractivity contribution in [3.05, 3.63) is 64.7 Å². The Kier molecular flexibility index (Phi) is 5.39. The molecule has 0 heterocycles. The van der Waals surface area contributed by atoms with Crippen molar-refractivity contribution in [2.45, 2.75) is 25.8 Å². The van der Waals surface area contributed by atoms with Crippen LogP contribution in [0.2, 0.25) is 5.02 Å². The number of rotatable bonds is 7. The van der Waals surface area contributed by atoms with Gasteiger partial charge in [-0.15, -0.1) is 0 Å². The molecule has 0 unspecified atom stereocenters. The van der Waals surface area contributed by atoms with E-state index in [4.69, 9.17) is 16.3 Å². The van der Waals surface area contributed by atoms with E-state index in [9.17, 15) is 9.59 Å². The Bertz CT molecular complexity index is 769. The van der Waals surface area contributed by atoms with Crippen LogP contribution in [0.15, 0.2) is 48.5 Å². The molecule has 1 aliphatic rings. The fraction of sp³-hybridized carbons (Fsp3) is 0.300. The summed E-state index contributed by atoms with van der Waals surface area (Å²) in [5.41, 5.74) is 1.62. The number of amides is 1. The number of ether oxygens (including phenoxy) is 1. The molecule has 1 saturated carbocycles. The molecule has 1 atom stereocenters. The molecule has 1 fully saturated rings. The lowest BCUT2D eigenvalue weighted by Gasteiger charge is -2.19. The van der Waals surface area contributed by atoms with Gasteiger partial charge in [0.15, 0.2) is 12.4 Å². The van der Waals surface area contributed by atoms with Gasteiger partial charge in [0.05, 0.1) is 6.04 Å². The summed E-state index contributed by atoms with van der Waals surface area (Å²) in [6, 6.07) is 14.4. The van der Waals surface area contributed by atoms with Crippen molar-refractivity contribution in [2.24, 2.45) is 5.92 Å². The van der Waals surface area contributed by atoms with Crippen molar-refractivity contribution in [1.82, 2.24) is 5.32 Å². The lowest BCUT2D eigenvalue weighted by atomic mass is 10.0. The van der Waals surface area contributed by atoms with Crippen molar-refractivity contribution < 1.29 is 14.3 Å². The molecule has 1 amide bonds. The van der Waals surface area contributed by atoms with E-state index in [0.29, 0.717) is 22.3 Å². The first-order valence-corrected chi connectivity index (χ1v) is 8.69. The predicted octanol–water partition coefficient (Wildman–Crippen LogP) is 4.19. The van der Waals surface area contributed by atoms with E-state index in [1.807, 2.05) is 24.3 Å². The summed E-state index contributed by atoms with van der Waals surface area (Å²) in [5.74, 6) is 0.759. The second-order valence-electron chi connectivity index (χ2n) is 6.31. The maximum Gasteiger partial charge on any atom is 0.258 e. The lowest BCUT2D eigenvalue weighted by Crippen LogP contribution is -2.33. The third-order valence-electron chi connectivity index (χ3n) is 4.25. The number of hydrogen-bond donors (Lipinski definition) is 1. The summed E-state index contributed by atoms with van der Waals surface area (Å²) in [5, 5.41) is 3.73. The Labute approximate surface area is 152 Å². The quantitative estimate of drug-likeness (QED) is 0.756. The van der Waals surface area contributed by atoms with Crippen LogP contribution in [0.4, 0.5) is 0 Å². The average Bonchev–Trinajstić information content (AvgIpc) is 3.44. The summed E-state index contributed by atoms with van der Waals surface area (Å²) in [7, 11) is 0. The minimum Gasteiger partial charge on any atom is -0.484 e. The van der Waals surface area contributed by atoms with Gasteiger partial charge >= 0.3 is 0 Å². The first-order chi connectivity index (χ1) is 12.0. The molecule has 2 aromatic carbocycles. The van der Waals surface area contributed by atoms with Gasteiger partial charge in [0.25, 0.3) is 5.91 Å². The molecule has 1 N–H and O–H groups in total. The highest BCUT2D eigenvalue weighted by atomic mass is 35.5. The monoisotopic (exact) mass is 357 g/mol. The van der Waals surface area contributed by atoms with Crippen LogP contribution < -0.4 is 10.1 Å². The fourth-order valence-corrected chi connectivity index (χ4v) is 2.87. The van der Waals surface area contributed by atoms with Crippen molar-refractivity contribution in [3.8, 4) is 5.75 Å². The van der Waals surface area contributed by atoms with Gasteiger partial charge in [-0.2, -0.15) is 0 Å². The molecule has 3 rings (SSSR count). The zero-order chi connectivity index (χ0) is 17.8. The van der Waals surface area contributed by atoms with Gasteiger partial charge in [0.1, 0.15) is 5.75 Å². The van der Waals surface area contributed by atoms with E-state index in [2.05, 4.69) is 5.32 Å². The zero-order valence-electron chi connectivity index (χ0n) is 14.0. The number of halogens is 1. The fourth-order valence-electron chi connectivity index (χ4n) is 2.74. The normalized spacial score (nSPS) is 14.6. The first kappa shape index (κ1) is 17.5. The second kappa shape index (κ2) is 7.70. The minimum absolute atomic E-state index is 0.0167. The highest BCUT2D eigenvalue weighted by Gasteiger charge is 2.33. The molecule has 0 aromatic heterocycles. The number of carbonyl (C=O) groups excluding carboxylic acids is 2. The highest BCUT2D eigenvalue weighted by molar-refractivity contribution is 6.30. The molecule has 0 saturated heterocycles. The molecule has 130 valence electrons. The van der Waals surface area contributed by atoms with Gasteiger partial charge in [0, 0.05) is 10.6 Å². The summed E-state index contributed by atoms with van der Waals surface area (Å²) >= 11 is 5.94. The predicted molar refractivity (Wildman–Crippen MR) is 97.0 cm³/mol. The van der Waals surface area contributed by atoms with E-state index in [1.54, 1.807) is 24.3 Å². The molecular formula is C20H20ClNO3. The number of hydrogen-bond acceptors (Lipinski definition) is 3. The molecule has 2 aromatic rings. The number of ketones is 1. The smallest absolute Gasteiger partial charge is 0.258 e. The molecule has 5 heteroatoms. The van der Waals surface area contributed by atoms with Gasteiger partial charge in [-0.05, 0) is 55.5 Å². The van der Waals surface area contributed by atoms with Gasteiger partial charge < -0.3 is 10.1 Å². The summed E-state index contributed by atoms with van der Waals surface area (Å²) in [6.45, 7) is 1.41. The van der Waals surface area contributed by atoms with E-state index >= 15 is 0 Å². The number of Topliss-reactive ketones (excluding diaryl/α,β-unsaturated/α-hetero) is 1. The Morgan fingerprint density at radius 1 is 1.20 bits per heavy atom. The number of carbonyl (C=O) groups is 2. The summed E-state index contributed by atoms with van der Waals surface area (Å²) in [6.07, 6.45) is 2.21. The standard InChI is InChI=1S/C20H20ClNO3/c1-13(23)16-3-2-4-18(11-16)25-12-19(24)22-20(14-5-6-14)15-7-9-17(21)10-8-15/h2-4,7-11,14,20H,5-6,12H2,1H3,(H,22,24)/t20-/m0/s1. The van der Waals surface area contributed by atoms with Gasteiger partial charge in [-0.1, -0.05) is 35.9 Å². The third kappa shape index (κ3) is 4.83. The number of nitrogens with one attached hydrogen (secondary N) is 1. The summed E-state index contributed by atoms with van der Waals surface area (Å²) < 4.78 is 5.53. The zero-order valence-corrected chi connectivity index (χ0v) is 14.8. The Morgan fingerprint density at radius 2 is 1.92 bits per heavy atom. The Balaban J connectivity index is 1.60. The van der Waals surface area contributed by atoms with E-state index < -0.39 is 0 Å². The second-order valence-corrected chi connectivity index (χ2v) is 6.74. The highest BCUT2D eigenvalue weighted by Crippen LogP contribution is 2.41. The van der Waals surface area contributed by atoms with Gasteiger partial charge in [-0.3, -0.25) is 9.59 Å². The topological polar surface area (TPSA) is 55.4 Å². The van der Waals surface area contributed by atoms with Gasteiger partial charge in [-0.25, -0.2) is 0 Å². The van der Waals surface area contributed by atoms with Crippen LogP contribution in [-0.2, 0) is 4.79 Å². The third-order valence-corrected chi connectivity index (χ3v) is 4.50. The van der Waals surface area contributed by atoms with Crippen LogP contribution >= 0.6 is 11.6 Å². The molecule has 1 aliphatic carbocycles. The number of benzene rings is 2. The van der Waals surface area contributed by atoms with Crippen molar-refractivity contribution in [2.75, 3.05) is 6.61 Å². The maximum atomic E-state index is 12.3. The van der Waals surface area contributed by atoms with Crippen LogP contribution in [0.3, 0.4) is 0 Å². The molecule has 0 radical (unpaired) electrons. The molecule has 0 spiro atoms.